The van der Waals surface area contributed by atoms with Gasteiger partial charge in [0, 0.05) is 15.4 Å². The Kier molecular flexibility index (Phi) is 3.96. The molecule has 2 nitrogen and oxygen atoms in total. The Bertz CT molecular complexity index is 633. The average molecular weight is 270 g/mol. The van der Waals surface area contributed by atoms with Crippen LogP contribution in [0.4, 0.5) is 0 Å². The molecule has 0 bridgehead atoms. The van der Waals surface area contributed by atoms with Gasteiger partial charge in [-0.25, -0.2) is 0 Å². The molecule has 0 aliphatic rings. The Morgan fingerprint density at radius 1 is 0.947 bits per heavy atom. The Labute approximate surface area is 118 Å². The second-order valence-electron chi connectivity index (χ2n) is 4.76. The third kappa shape index (κ3) is 3.18. The standard InChI is InChI=1S/C16H18N2S/c1-10-4-5-11(2)15(8-10)19-14-7-6-13(16(17)18)9-12(14)3/h4-9H,1-3H3,(H3,17,18). The molecule has 0 fully saturated rings. The van der Waals surface area contributed by atoms with E-state index in [9.17, 15) is 0 Å². The highest BCUT2D eigenvalue weighted by molar-refractivity contribution is 7.99. The molecule has 19 heavy (non-hydrogen) atoms. The van der Waals surface area contributed by atoms with Gasteiger partial charge in [-0.2, -0.15) is 0 Å². The number of benzene rings is 2. The molecule has 3 N–H and O–H groups in total. The summed E-state index contributed by atoms with van der Waals surface area (Å²) >= 11 is 1.76. The van der Waals surface area contributed by atoms with Gasteiger partial charge in [0.15, 0.2) is 0 Å². The summed E-state index contributed by atoms with van der Waals surface area (Å²) in [6.07, 6.45) is 0. The second-order valence-corrected chi connectivity index (χ2v) is 5.85. The maximum atomic E-state index is 7.46. The van der Waals surface area contributed by atoms with Gasteiger partial charge in [0.25, 0.3) is 0 Å². The summed E-state index contributed by atoms with van der Waals surface area (Å²) in [5, 5.41) is 7.46. The number of amidine groups is 1. The van der Waals surface area contributed by atoms with Crippen LogP contribution in [0.5, 0.6) is 0 Å². The maximum Gasteiger partial charge on any atom is 0.122 e. The molecule has 0 aromatic heterocycles. The minimum atomic E-state index is 0.117. The molecule has 0 saturated carbocycles. The minimum absolute atomic E-state index is 0.117. The first-order chi connectivity index (χ1) is 8.97. The van der Waals surface area contributed by atoms with Gasteiger partial charge in [-0.1, -0.05) is 30.0 Å². The van der Waals surface area contributed by atoms with Crippen LogP contribution in [-0.4, -0.2) is 5.84 Å². The van der Waals surface area contributed by atoms with Crippen LogP contribution >= 0.6 is 11.8 Å². The minimum Gasteiger partial charge on any atom is -0.384 e. The van der Waals surface area contributed by atoms with Crippen LogP contribution in [0.2, 0.25) is 0 Å². The zero-order valence-corrected chi connectivity index (χ0v) is 12.3. The number of rotatable bonds is 3. The van der Waals surface area contributed by atoms with E-state index in [-0.39, 0.29) is 5.84 Å². The van der Waals surface area contributed by atoms with Gasteiger partial charge in [-0.15, -0.1) is 0 Å². The van der Waals surface area contributed by atoms with Gasteiger partial charge < -0.3 is 5.73 Å². The maximum absolute atomic E-state index is 7.46. The molecule has 0 atom stereocenters. The van der Waals surface area contributed by atoms with Crippen molar-refractivity contribution in [2.75, 3.05) is 0 Å². The zero-order chi connectivity index (χ0) is 14.0. The summed E-state index contributed by atoms with van der Waals surface area (Å²) in [6, 6.07) is 12.4. The Morgan fingerprint density at radius 3 is 2.32 bits per heavy atom. The lowest BCUT2D eigenvalue weighted by Crippen LogP contribution is -2.10. The predicted octanol–water partition coefficient (Wildman–Crippen LogP) is 4.05. The number of hydrogen-bond donors (Lipinski definition) is 2. The van der Waals surface area contributed by atoms with Crippen LogP contribution in [0.3, 0.4) is 0 Å². The molecule has 0 unspecified atom stereocenters. The molecule has 2 aromatic carbocycles. The van der Waals surface area contributed by atoms with Crippen molar-refractivity contribution in [3.8, 4) is 0 Å². The van der Waals surface area contributed by atoms with Crippen molar-refractivity contribution in [1.82, 2.24) is 0 Å². The molecule has 0 spiro atoms. The number of aryl methyl sites for hydroxylation is 3. The molecule has 98 valence electrons. The van der Waals surface area contributed by atoms with Crippen molar-refractivity contribution < 1.29 is 0 Å². The number of hydrogen-bond acceptors (Lipinski definition) is 2. The summed E-state index contributed by atoms with van der Waals surface area (Å²) in [5.74, 6) is 0.117. The fourth-order valence-electron chi connectivity index (χ4n) is 1.87. The highest BCUT2D eigenvalue weighted by Gasteiger charge is 2.06. The normalized spacial score (nSPS) is 10.5. The van der Waals surface area contributed by atoms with Gasteiger partial charge in [0.05, 0.1) is 0 Å². The number of nitrogen functional groups attached to an aromatic ring is 1. The average Bonchev–Trinajstić information content (AvgIpc) is 2.36. The molecule has 0 amide bonds. The molecule has 0 heterocycles. The summed E-state index contributed by atoms with van der Waals surface area (Å²) in [7, 11) is 0. The van der Waals surface area contributed by atoms with Crippen LogP contribution < -0.4 is 5.73 Å². The van der Waals surface area contributed by atoms with E-state index in [2.05, 4.69) is 39.0 Å². The fraction of sp³-hybridized carbons (Fsp3) is 0.188. The summed E-state index contributed by atoms with van der Waals surface area (Å²) in [5.41, 5.74) is 9.99. The van der Waals surface area contributed by atoms with E-state index in [1.54, 1.807) is 11.8 Å². The third-order valence-electron chi connectivity index (χ3n) is 3.05. The summed E-state index contributed by atoms with van der Waals surface area (Å²) in [6.45, 7) is 6.29. The Balaban J connectivity index is 2.33. The largest absolute Gasteiger partial charge is 0.384 e. The first kappa shape index (κ1) is 13.7. The molecule has 2 rings (SSSR count). The third-order valence-corrected chi connectivity index (χ3v) is 4.39. The topological polar surface area (TPSA) is 49.9 Å². The molecular weight excluding hydrogens is 252 g/mol. The van der Waals surface area contributed by atoms with E-state index in [1.165, 1.54) is 20.9 Å². The molecule has 3 heteroatoms. The van der Waals surface area contributed by atoms with Crippen molar-refractivity contribution in [3.63, 3.8) is 0 Å². The van der Waals surface area contributed by atoms with E-state index in [4.69, 9.17) is 11.1 Å². The molecule has 0 aliphatic heterocycles. The number of nitrogens with two attached hydrogens (primary N) is 1. The van der Waals surface area contributed by atoms with Crippen molar-refractivity contribution >= 4 is 17.6 Å². The zero-order valence-electron chi connectivity index (χ0n) is 11.4. The van der Waals surface area contributed by atoms with Crippen LogP contribution in [0.15, 0.2) is 46.2 Å². The van der Waals surface area contributed by atoms with Gasteiger partial charge in [-0.3, -0.25) is 5.41 Å². The van der Waals surface area contributed by atoms with Crippen LogP contribution in [0, 0.1) is 26.2 Å². The molecule has 2 aromatic rings. The van der Waals surface area contributed by atoms with Crippen LogP contribution in [0.1, 0.15) is 22.3 Å². The van der Waals surface area contributed by atoms with Crippen LogP contribution in [-0.2, 0) is 0 Å². The van der Waals surface area contributed by atoms with E-state index >= 15 is 0 Å². The lowest BCUT2D eigenvalue weighted by atomic mass is 10.1. The van der Waals surface area contributed by atoms with Gasteiger partial charge >= 0.3 is 0 Å². The van der Waals surface area contributed by atoms with Crippen LogP contribution in [0.25, 0.3) is 0 Å². The van der Waals surface area contributed by atoms with Gasteiger partial charge in [0.2, 0.25) is 0 Å². The van der Waals surface area contributed by atoms with Gasteiger partial charge in [0.1, 0.15) is 5.84 Å². The van der Waals surface area contributed by atoms with E-state index in [0.717, 1.165) is 11.1 Å². The fourth-order valence-corrected chi connectivity index (χ4v) is 2.93. The quantitative estimate of drug-likeness (QED) is 0.653. The smallest absolute Gasteiger partial charge is 0.122 e. The van der Waals surface area contributed by atoms with E-state index in [0.29, 0.717) is 0 Å². The van der Waals surface area contributed by atoms with Gasteiger partial charge in [-0.05, 0) is 55.7 Å². The Morgan fingerprint density at radius 2 is 1.68 bits per heavy atom. The van der Waals surface area contributed by atoms with Crippen molar-refractivity contribution in [3.05, 3.63) is 58.7 Å². The molecule has 0 saturated heterocycles. The summed E-state index contributed by atoms with van der Waals surface area (Å²) in [4.78, 5) is 2.48. The second kappa shape index (κ2) is 5.49. The molecule has 0 aliphatic carbocycles. The summed E-state index contributed by atoms with van der Waals surface area (Å²) < 4.78 is 0. The van der Waals surface area contributed by atoms with Crippen molar-refractivity contribution in [2.45, 2.75) is 30.6 Å². The Hall–Kier alpha value is -1.74. The van der Waals surface area contributed by atoms with Crippen molar-refractivity contribution in [2.24, 2.45) is 5.73 Å². The SMILES string of the molecule is Cc1ccc(C)c(Sc2ccc(C(=N)N)cc2C)c1. The lowest BCUT2D eigenvalue weighted by molar-refractivity contribution is 1.23. The monoisotopic (exact) mass is 270 g/mol. The first-order valence-electron chi connectivity index (χ1n) is 6.17. The predicted molar refractivity (Wildman–Crippen MR) is 82.2 cm³/mol. The molecule has 0 radical (unpaired) electrons. The number of nitrogens with one attached hydrogen (secondary N) is 1. The lowest BCUT2D eigenvalue weighted by Gasteiger charge is -2.10. The highest BCUT2D eigenvalue weighted by Crippen LogP contribution is 2.33. The van der Waals surface area contributed by atoms with Crippen molar-refractivity contribution in [1.29, 1.82) is 5.41 Å². The van der Waals surface area contributed by atoms with E-state index < -0.39 is 0 Å². The highest BCUT2D eigenvalue weighted by atomic mass is 32.2. The molecular formula is C16H18N2S. The first-order valence-corrected chi connectivity index (χ1v) is 6.99. The van der Waals surface area contributed by atoms with E-state index in [1.807, 2.05) is 18.2 Å².